The summed E-state index contributed by atoms with van der Waals surface area (Å²) in [5, 5.41) is 12.5. The quantitative estimate of drug-likeness (QED) is 0.586. The maximum Gasteiger partial charge on any atom is 0.470 e. The van der Waals surface area contributed by atoms with Crippen LogP contribution in [0.15, 0.2) is 18.2 Å². The maximum absolute atomic E-state index is 13.0. The third-order valence-electron chi connectivity index (χ3n) is 4.23. The predicted octanol–water partition coefficient (Wildman–Crippen LogP) is 3.02. The summed E-state index contributed by atoms with van der Waals surface area (Å²) in [5.74, 6) is -3.86. The van der Waals surface area contributed by atoms with Crippen LogP contribution in [0.1, 0.15) is 39.7 Å². The molecule has 4 N–H and O–H groups in total. The smallest absolute Gasteiger partial charge is 0.470 e. The van der Waals surface area contributed by atoms with Crippen LogP contribution in [0.4, 0.5) is 23.7 Å². The summed E-state index contributed by atoms with van der Waals surface area (Å²) in [6.07, 6.45) is -5.12. The topological polar surface area (TPSA) is 139 Å². The lowest BCUT2D eigenvalue weighted by Gasteiger charge is -2.28. The number of hydrogen-bond donors (Lipinski definition) is 3. The van der Waals surface area contributed by atoms with Crippen molar-refractivity contribution in [2.75, 3.05) is 4.90 Å². The number of alkyl halides is 3. The highest BCUT2D eigenvalue weighted by Gasteiger charge is 2.41. The van der Waals surface area contributed by atoms with Crippen LogP contribution < -0.4 is 16.0 Å². The lowest BCUT2D eigenvalue weighted by molar-refractivity contribution is -0.169. The molecule has 1 aliphatic heterocycles. The molecule has 1 aromatic carbocycles. The lowest BCUT2D eigenvalue weighted by Crippen LogP contribution is -2.53. The first kappa shape index (κ1) is 28.0. The SMILES string of the molecule is CC[C@H](NC(=O)OC(C)(C)C)C(=O)N1c2ccc(Cl)cc2C[C@H]1C(=O)O.NC(=O)C(F)(F)F. The minimum atomic E-state index is -4.86. The van der Waals surface area contributed by atoms with Crippen molar-refractivity contribution >= 4 is 41.2 Å². The zero-order valence-electron chi connectivity index (χ0n) is 18.3. The van der Waals surface area contributed by atoms with Gasteiger partial charge in [-0.05, 0) is 51.0 Å². The van der Waals surface area contributed by atoms with Crippen LogP contribution in [-0.2, 0) is 25.5 Å². The first-order valence-electron chi connectivity index (χ1n) is 9.68. The molecule has 33 heavy (non-hydrogen) atoms. The number of ether oxygens (including phenoxy) is 1. The molecule has 1 heterocycles. The number of nitrogens with zero attached hydrogens (tertiary/aromatic N) is 1. The summed E-state index contributed by atoms with van der Waals surface area (Å²) >= 11 is 5.97. The number of carbonyl (C=O) groups is 4. The fraction of sp³-hybridized carbons (Fsp3) is 0.500. The standard InChI is InChI=1S/C18H23ClN2O5.C2H2F3NO/c1-5-12(20-17(25)26-18(2,3)4)15(22)21-13-7-6-11(19)8-10(13)9-14(21)16(23)24;3-2(4,5)1(6)7/h6-8,12,14H,5,9H2,1-4H3,(H,20,25)(H,23,24);(H2,6,7)/t12-,14-;/m0./s1. The Bertz CT molecular complexity index is 917. The molecule has 9 nitrogen and oxygen atoms in total. The fourth-order valence-electron chi connectivity index (χ4n) is 2.85. The average molecular weight is 496 g/mol. The molecular formula is C20H25ClF3N3O6. The molecule has 2 atom stereocenters. The second-order valence-corrected chi connectivity index (χ2v) is 8.44. The largest absolute Gasteiger partial charge is 0.480 e. The summed E-state index contributed by atoms with van der Waals surface area (Å²) in [6, 6.07) is 2.95. The molecule has 0 fully saturated rings. The van der Waals surface area contributed by atoms with E-state index < -0.39 is 47.7 Å². The van der Waals surface area contributed by atoms with Gasteiger partial charge in [0.1, 0.15) is 17.7 Å². The van der Waals surface area contributed by atoms with Crippen molar-refractivity contribution in [3.05, 3.63) is 28.8 Å². The van der Waals surface area contributed by atoms with Crippen LogP contribution in [0.3, 0.4) is 0 Å². The van der Waals surface area contributed by atoms with Crippen LogP contribution >= 0.6 is 11.6 Å². The molecule has 1 aromatic rings. The first-order valence-corrected chi connectivity index (χ1v) is 10.1. The Morgan fingerprint density at radius 2 is 1.82 bits per heavy atom. The van der Waals surface area contributed by atoms with Gasteiger partial charge < -0.3 is 20.9 Å². The molecule has 3 amide bonds. The number of amides is 3. The number of halogens is 4. The van der Waals surface area contributed by atoms with Gasteiger partial charge in [-0.1, -0.05) is 18.5 Å². The Hall–Kier alpha value is -3.02. The number of carboxylic acids is 1. The van der Waals surface area contributed by atoms with Crippen LogP contribution in [0, 0.1) is 0 Å². The first-order chi connectivity index (χ1) is 15.0. The Labute approximate surface area is 193 Å². The monoisotopic (exact) mass is 495 g/mol. The normalized spacial score (nSPS) is 16.1. The van der Waals surface area contributed by atoms with Gasteiger partial charge >= 0.3 is 24.1 Å². The van der Waals surface area contributed by atoms with Crippen molar-refractivity contribution in [2.24, 2.45) is 5.73 Å². The summed E-state index contributed by atoms with van der Waals surface area (Å²) in [4.78, 5) is 47.0. The Kier molecular flexibility index (Phi) is 9.11. The van der Waals surface area contributed by atoms with Gasteiger partial charge in [0.15, 0.2) is 0 Å². The number of primary amides is 1. The van der Waals surface area contributed by atoms with Crippen molar-refractivity contribution in [1.82, 2.24) is 5.32 Å². The number of nitrogens with one attached hydrogen (secondary N) is 1. The number of fused-ring (bicyclic) bond motifs is 1. The van der Waals surface area contributed by atoms with E-state index in [-0.39, 0.29) is 6.42 Å². The lowest BCUT2D eigenvalue weighted by atomic mass is 10.1. The third kappa shape index (κ3) is 8.12. The van der Waals surface area contributed by atoms with Gasteiger partial charge in [-0.2, -0.15) is 13.2 Å². The van der Waals surface area contributed by atoms with Crippen LogP contribution in [-0.4, -0.2) is 52.8 Å². The van der Waals surface area contributed by atoms with Crippen molar-refractivity contribution in [3.63, 3.8) is 0 Å². The molecular weight excluding hydrogens is 471 g/mol. The molecule has 0 bridgehead atoms. The number of alkyl carbamates (subject to hydrolysis) is 1. The minimum absolute atomic E-state index is 0.167. The molecule has 1 aliphatic rings. The summed E-state index contributed by atoms with van der Waals surface area (Å²) in [5.41, 5.74) is 4.29. The second kappa shape index (κ2) is 10.7. The number of nitrogens with two attached hydrogens (primary N) is 1. The van der Waals surface area contributed by atoms with Crippen LogP contribution in [0.5, 0.6) is 0 Å². The minimum Gasteiger partial charge on any atom is -0.480 e. The van der Waals surface area contributed by atoms with E-state index in [0.717, 1.165) is 0 Å². The molecule has 0 unspecified atom stereocenters. The van der Waals surface area contributed by atoms with E-state index >= 15 is 0 Å². The highest BCUT2D eigenvalue weighted by atomic mass is 35.5. The maximum atomic E-state index is 13.0. The molecule has 0 aromatic heterocycles. The van der Waals surface area contributed by atoms with E-state index in [1.807, 2.05) is 0 Å². The molecule has 2 rings (SSSR count). The molecule has 0 saturated heterocycles. The van der Waals surface area contributed by atoms with E-state index in [2.05, 4.69) is 11.1 Å². The van der Waals surface area contributed by atoms with Crippen molar-refractivity contribution < 1.29 is 42.2 Å². The van der Waals surface area contributed by atoms with Gasteiger partial charge in [0.2, 0.25) is 0 Å². The van der Waals surface area contributed by atoms with Crippen LogP contribution in [0.25, 0.3) is 0 Å². The number of aliphatic carboxylic acids is 1. The Morgan fingerprint density at radius 3 is 2.24 bits per heavy atom. The van der Waals surface area contributed by atoms with Gasteiger partial charge in [-0.15, -0.1) is 0 Å². The summed E-state index contributed by atoms with van der Waals surface area (Å²) in [6.45, 7) is 6.89. The molecule has 13 heteroatoms. The molecule has 0 saturated carbocycles. The predicted molar refractivity (Wildman–Crippen MR) is 113 cm³/mol. The zero-order valence-corrected chi connectivity index (χ0v) is 19.1. The fourth-order valence-corrected chi connectivity index (χ4v) is 3.04. The van der Waals surface area contributed by atoms with Crippen molar-refractivity contribution in [1.29, 1.82) is 0 Å². The van der Waals surface area contributed by atoms with Gasteiger partial charge in [-0.3, -0.25) is 14.5 Å². The number of rotatable bonds is 4. The Morgan fingerprint density at radius 1 is 1.27 bits per heavy atom. The van der Waals surface area contributed by atoms with E-state index in [4.69, 9.17) is 21.1 Å². The molecule has 0 radical (unpaired) electrons. The van der Waals surface area contributed by atoms with E-state index in [1.165, 1.54) is 4.90 Å². The highest BCUT2D eigenvalue weighted by Crippen LogP contribution is 2.35. The molecule has 184 valence electrons. The van der Waals surface area contributed by atoms with Crippen molar-refractivity contribution in [3.8, 4) is 0 Å². The van der Waals surface area contributed by atoms with E-state index in [0.29, 0.717) is 22.7 Å². The highest BCUT2D eigenvalue weighted by molar-refractivity contribution is 6.30. The van der Waals surface area contributed by atoms with Gasteiger partial charge in [0, 0.05) is 17.1 Å². The molecule has 0 spiro atoms. The Balaban J connectivity index is 0.000000675. The van der Waals surface area contributed by atoms with Crippen molar-refractivity contribution in [2.45, 2.75) is 64.4 Å². The zero-order chi connectivity index (χ0) is 25.7. The average Bonchev–Trinajstić information content (AvgIpc) is 3.02. The number of benzene rings is 1. The third-order valence-corrected chi connectivity index (χ3v) is 4.46. The number of carboxylic acid groups (broad SMARTS) is 1. The van der Waals surface area contributed by atoms with Crippen LogP contribution in [0.2, 0.25) is 5.02 Å². The molecule has 0 aliphatic carbocycles. The van der Waals surface area contributed by atoms with E-state index in [1.54, 1.807) is 45.9 Å². The van der Waals surface area contributed by atoms with Gasteiger partial charge in [0.05, 0.1) is 0 Å². The van der Waals surface area contributed by atoms with Gasteiger partial charge in [-0.25, -0.2) is 9.59 Å². The number of anilines is 1. The van der Waals surface area contributed by atoms with Gasteiger partial charge in [0.25, 0.3) is 5.91 Å². The summed E-state index contributed by atoms with van der Waals surface area (Å²) < 4.78 is 37.3. The number of carbonyl (C=O) groups excluding carboxylic acids is 3. The summed E-state index contributed by atoms with van der Waals surface area (Å²) in [7, 11) is 0. The number of hydrogen-bond acceptors (Lipinski definition) is 5. The second-order valence-electron chi connectivity index (χ2n) is 8.01. The van der Waals surface area contributed by atoms with E-state index in [9.17, 15) is 32.7 Å².